The predicted octanol–water partition coefficient (Wildman–Crippen LogP) is 2.54. The first kappa shape index (κ1) is 14.8. The van der Waals surface area contributed by atoms with Crippen LogP contribution in [0.1, 0.15) is 23.8 Å². The van der Waals surface area contributed by atoms with Gasteiger partial charge in [0.2, 0.25) is 5.13 Å². The molecular weight excluding hydrogens is 330 g/mol. The molecule has 0 bridgehead atoms. The second-order valence-electron chi connectivity index (χ2n) is 5.51. The maximum Gasteiger partial charge on any atom is 0.336 e. The maximum atomic E-state index is 11.9. The molecule has 2 heterocycles. The molecule has 3 aromatic rings. The van der Waals surface area contributed by atoms with Crippen LogP contribution in [0.5, 0.6) is 5.75 Å². The highest BCUT2D eigenvalue weighted by molar-refractivity contribution is 7.15. The fourth-order valence-electron chi connectivity index (χ4n) is 2.22. The molecule has 1 aliphatic carbocycles. The van der Waals surface area contributed by atoms with E-state index in [0.717, 1.165) is 23.2 Å². The SMILES string of the molecule is O=C(COc1ccc2ccc(=O)oc2c1)Nc1nnc(C2CC2)s1. The second kappa shape index (κ2) is 6.04. The minimum atomic E-state index is -0.430. The van der Waals surface area contributed by atoms with E-state index < -0.39 is 5.63 Å². The summed E-state index contributed by atoms with van der Waals surface area (Å²) in [5.41, 5.74) is -0.0151. The van der Waals surface area contributed by atoms with Crippen LogP contribution in [0.2, 0.25) is 0 Å². The van der Waals surface area contributed by atoms with Crippen LogP contribution in [-0.2, 0) is 4.79 Å². The van der Waals surface area contributed by atoms with Gasteiger partial charge in [0, 0.05) is 23.4 Å². The zero-order chi connectivity index (χ0) is 16.5. The van der Waals surface area contributed by atoms with Crippen molar-refractivity contribution in [1.82, 2.24) is 10.2 Å². The molecule has 0 saturated heterocycles. The summed E-state index contributed by atoms with van der Waals surface area (Å²) >= 11 is 1.40. The highest BCUT2D eigenvalue weighted by atomic mass is 32.1. The molecule has 0 atom stereocenters. The Kier molecular flexibility index (Phi) is 3.73. The minimum Gasteiger partial charge on any atom is -0.484 e. The Morgan fingerprint density at radius 2 is 2.12 bits per heavy atom. The number of fused-ring (bicyclic) bond motifs is 1. The molecule has 1 amide bonds. The van der Waals surface area contributed by atoms with Crippen molar-refractivity contribution in [2.45, 2.75) is 18.8 Å². The summed E-state index contributed by atoms with van der Waals surface area (Å²) in [6.07, 6.45) is 2.29. The number of amides is 1. The van der Waals surface area contributed by atoms with E-state index in [4.69, 9.17) is 9.15 Å². The lowest BCUT2D eigenvalue weighted by Crippen LogP contribution is -2.20. The second-order valence-corrected chi connectivity index (χ2v) is 6.52. The van der Waals surface area contributed by atoms with Gasteiger partial charge in [0.1, 0.15) is 16.3 Å². The monoisotopic (exact) mass is 343 g/mol. The first-order valence-electron chi connectivity index (χ1n) is 7.47. The first-order chi connectivity index (χ1) is 11.7. The van der Waals surface area contributed by atoms with Gasteiger partial charge in [-0.2, -0.15) is 0 Å². The molecule has 1 saturated carbocycles. The molecule has 0 unspecified atom stereocenters. The van der Waals surface area contributed by atoms with E-state index >= 15 is 0 Å². The Morgan fingerprint density at radius 1 is 1.29 bits per heavy atom. The number of nitrogens with one attached hydrogen (secondary N) is 1. The van der Waals surface area contributed by atoms with E-state index in [1.54, 1.807) is 24.3 Å². The standard InChI is InChI=1S/C16H13N3O4S/c20-13(17-16-19-18-15(24-16)10-1-2-10)8-22-11-5-3-9-4-6-14(21)23-12(9)7-11/h3-7,10H,1-2,8H2,(H,17,19,20). The van der Waals surface area contributed by atoms with Crippen LogP contribution in [-0.4, -0.2) is 22.7 Å². The summed E-state index contributed by atoms with van der Waals surface area (Å²) in [4.78, 5) is 23.2. The molecule has 24 heavy (non-hydrogen) atoms. The fraction of sp³-hybridized carbons (Fsp3) is 0.250. The van der Waals surface area contributed by atoms with Crippen molar-refractivity contribution >= 4 is 33.3 Å². The third-order valence-electron chi connectivity index (χ3n) is 3.58. The lowest BCUT2D eigenvalue weighted by atomic mass is 10.2. The summed E-state index contributed by atoms with van der Waals surface area (Å²) in [5, 5.41) is 12.9. The van der Waals surface area contributed by atoms with E-state index in [2.05, 4.69) is 15.5 Å². The Morgan fingerprint density at radius 3 is 2.96 bits per heavy atom. The number of aromatic nitrogens is 2. The predicted molar refractivity (Wildman–Crippen MR) is 88.5 cm³/mol. The van der Waals surface area contributed by atoms with E-state index in [0.29, 0.717) is 22.4 Å². The van der Waals surface area contributed by atoms with Crippen LogP contribution >= 0.6 is 11.3 Å². The average molecular weight is 343 g/mol. The summed E-state index contributed by atoms with van der Waals surface area (Å²) < 4.78 is 10.5. The molecule has 0 spiro atoms. The van der Waals surface area contributed by atoms with Crippen molar-refractivity contribution in [2.75, 3.05) is 11.9 Å². The number of ether oxygens (including phenoxy) is 1. The van der Waals surface area contributed by atoms with Gasteiger partial charge in [-0.25, -0.2) is 4.79 Å². The molecule has 122 valence electrons. The van der Waals surface area contributed by atoms with E-state index in [1.165, 1.54) is 17.4 Å². The summed E-state index contributed by atoms with van der Waals surface area (Å²) in [6.45, 7) is -0.166. The van der Waals surface area contributed by atoms with Gasteiger partial charge in [-0.05, 0) is 31.0 Å². The van der Waals surface area contributed by atoms with Crippen molar-refractivity contribution in [1.29, 1.82) is 0 Å². The van der Waals surface area contributed by atoms with Gasteiger partial charge >= 0.3 is 5.63 Å². The number of hydrogen-bond donors (Lipinski definition) is 1. The number of carbonyl (C=O) groups is 1. The zero-order valence-corrected chi connectivity index (χ0v) is 13.3. The van der Waals surface area contributed by atoms with Crippen LogP contribution in [0.25, 0.3) is 11.0 Å². The molecule has 0 radical (unpaired) electrons. The van der Waals surface area contributed by atoms with Gasteiger partial charge in [-0.15, -0.1) is 10.2 Å². The average Bonchev–Trinajstić information content (AvgIpc) is 3.32. The van der Waals surface area contributed by atoms with Crippen LogP contribution in [0.3, 0.4) is 0 Å². The topological polar surface area (TPSA) is 94.3 Å². The van der Waals surface area contributed by atoms with Gasteiger partial charge < -0.3 is 9.15 Å². The van der Waals surface area contributed by atoms with Crippen LogP contribution < -0.4 is 15.7 Å². The van der Waals surface area contributed by atoms with Crippen molar-refractivity contribution in [2.24, 2.45) is 0 Å². The van der Waals surface area contributed by atoms with Crippen molar-refractivity contribution in [3.8, 4) is 5.75 Å². The number of carbonyl (C=O) groups excluding carboxylic acids is 1. The van der Waals surface area contributed by atoms with Gasteiger partial charge in [0.25, 0.3) is 5.91 Å². The van der Waals surface area contributed by atoms with Crippen LogP contribution in [0, 0.1) is 0 Å². The molecular formula is C16H13N3O4S. The van der Waals surface area contributed by atoms with E-state index in [-0.39, 0.29) is 12.5 Å². The maximum absolute atomic E-state index is 11.9. The van der Waals surface area contributed by atoms with E-state index in [1.807, 2.05) is 0 Å². The molecule has 1 aliphatic rings. The molecule has 1 fully saturated rings. The van der Waals surface area contributed by atoms with Crippen molar-refractivity contribution < 1.29 is 13.9 Å². The van der Waals surface area contributed by atoms with Crippen molar-refractivity contribution in [3.05, 3.63) is 45.8 Å². The lowest BCUT2D eigenvalue weighted by Gasteiger charge is -2.06. The number of benzene rings is 1. The Hall–Kier alpha value is -2.74. The Bertz CT molecular complexity index is 961. The molecule has 0 aliphatic heterocycles. The largest absolute Gasteiger partial charge is 0.484 e. The van der Waals surface area contributed by atoms with Gasteiger partial charge in [-0.1, -0.05) is 11.3 Å². The molecule has 1 aromatic carbocycles. The summed E-state index contributed by atoms with van der Waals surface area (Å²) in [6, 6.07) is 8.09. The number of nitrogens with zero attached hydrogens (tertiary/aromatic N) is 2. The normalized spacial score (nSPS) is 13.8. The lowest BCUT2D eigenvalue weighted by molar-refractivity contribution is -0.118. The fourth-order valence-corrected chi connectivity index (χ4v) is 3.14. The van der Waals surface area contributed by atoms with Crippen LogP contribution in [0.15, 0.2) is 39.5 Å². The van der Waals surface area contributed by atoms with Crippen LogP contribution in [0.4, 0.5) is 5.13 Å². The van der Waals surface area contributed by atoms with Crippen molar-refractivity contribution in [3.63, 3.8) is 0 Å². The number of rotatable bonds is 5. The molecule has 8 heteroatoms. The van der Waals surface area contributed by atoms with Gasteiger partial charge in [0.05, 0.1) is 0 Å². The molecule has 2 aromatic heterocycles. The summed E-state index contributed by atoms with van der Waals surface area (Å²) in [7, 11) is 0. The zero-order valence-electron chi connectivity index (χ0n) is 12.5. The third-order valence-corrected chi connectivity index (χ3v) is 4.58. The summed E-state index contributed by atoms with van der Waals surface area (Å²) in [5.74, 6) is 0.641. The molecule has 7 nitrogen and oxygen atoms in total. The van der Waals surface area contributed by atoms with Gasteiger partial charge in [0.15, 0.2) is 6.61 Å². The molecule has 4 rings (SSSR count). The van der Waals surface area contributed by atoms with E-state index in [9.17, 15) is 9.59 Å². The quantitative estimate of drug-likeness (QED) is 0.716. The minimum absolute atomic E-state index is 0.166. The number of hydrogen-bond acceptors (Lipinski definition) is 7. The Labute approximate surface area is 140 Å². The third kappa shape index (κ3) is 3.28. The first-order valence-corrected chi connectivity index (χ1v) is 8.29. The molecule has 1 N–H and O–H groups in total. The Balaban J connectivity index is 1.38. The smallest absolute Gasteiger partial charge is 0.336 e. The van der Waals surface area contributed by atoms with Gasteiger partial charge in [-0.3, -0.25) is 10.1 Å². The highest BCUT2D eigenvalue weighted by Gasteiger charge is 2.27. The highest BCUT2D eigenvalue weighted by Crippen LogP contribution is 2.42. The number of anilines is 1.